The molecule has 172 valence electrons. The number of barbiturate groups is 1. The Hall–Kier alpha value is -4.46. The number of hydrogen-bond acceptors (Lipinski definition) is 6. The van der Waals surface area contributed by atoms with Crippen molar-refractivity contribution in [2.75, 3.05) is 12.0 Å². The largest absolute Gasteiger partial charge is 0.465 e. The van der Waals surface area contributed by atoms with Crippen molar-refractivity contribution in [1.82, 2.24) is 5.32 Å². The van der Waals surface area contributed by atoms with E-state index >= 15 is 0 Å². The van der Waals surface area contributed by atoms with Crippen LogP contribution in [0.1, 0.15) is 32.8 Å². The van der Waals surface area contributed by atoms with E-state index in [-0.39, 0.29) is 11.3 Å². The summed E-state index contributed by atoms with van der Waals surface area (Å²) in [4.78, 5) is 50.6. The number of imide groups is 2. The molecular formula is C26H22N2O6. The van der Waals surface area contributed by atoms with Gasteiger partial charge in [-0.05, 0) is 79.9 Å². The van der Waals surface area contributed by atoms with E-state index in [1.54, 1.807) is 48.5 Å². The van der Waals surface area contributed by atoms with E-state index in [1.807, 2.05) is 20.8 Å². The van der Waals surface area contributed by atoms with Crippen LogP contribution in [-0.4, -0.2) is 30.9 Å². The maximum absolute atomic E-state index is 13.1. The lowest BCUT2D eigenvalue weighted by atomic mass is 10.0. The van der Waals surface area contributed by atoms with Crippen LogP contribution in [0.4, 0.5) is 10.5 Å². The second-order valence-electron chi connectivity index (χ2n) is 7.95. The van der Waals surface area contributed by atoms with Crippen molar-refractivity contribution >= 4 is 35.6 Å². The van der Waals surface area contributed by atoms with Gasteiger partial charge < -0.3 is 9.15 Å². The minimum absolute atomic E-state index is 0.225. The fourth-order valence-electron chi connectivity index (χ4n) is 3.66. The fourth-order valence-corrected chi connectivity index (χ4v) is 3.66. The van der Waals surface area contributed by atoms with Crippen LogP contribution in [0.2, 0.25) is 0 Å². The van der Waals surface area contributed by atoms with Gasteiger partial charge in [0.1, 0.15) is 17.1 Å². The van der Waals surface area contributed by atoms with Crippen molar-refractivity contribution in [3.05, 3.63) is 82.1 Å². The number of esters is 1. The molecule has 3 aromatic rings. The number of nitrogens with zero attached hydrogens (tertiary/aromatic N) is 1. The summed E-state index contributed by atoms with van der Waals surface area (Å²) in [6.07, 6.45) is 1.31. The van der Waals surface area contributed by atoms with Crippen LogP contribution in [-0.2, 0) is 14.3 Å². The van der Waals surface area contributed by atoms with Crippen LogP contribution in [0, 0.1) is 20.8 Å². The molecule has 1 saturated heterocycles. The number of rotatable bonds is 4. The van der Waals surface area contributed by atoms with Crippen molar-refractivity contribution in [3.63, 3.8) is 0 Å². The Kier molecular flexibility index (Phi) is 5.89. The lowest BCUT2D eigenvalue weighted by Gasteiger charge is -2.26. The number of benzene rings is 2. The van der Waals surface area contributed by atoms with Gasteiger partial charge in [-0.25, -0.2) is 14.5 Å². The third kappa shape index (κ3) is 4.13. The molecule has 0 atom stereocenters. The third-order valence-corrected chi connectivity index (χ3v) is 5.68. The minimum atomic E-state index is -0.808. The molecule has 8 nitrogen and oxygen atoms in total. The van der Waals surface area contributed by atoms with E-state index in [0.29, 0.717) is 17.0 Å². The molecule has 0 saturated carbocycles. The smallest absolute Gasteiger partial charge is 0.337 e. The number of furan rings is 1. The van der Waals surface area contributed by atoms with Crippen molar-refractivity contribution in [3.8, 4) is 11.3 Å². The SMILES string of the molecule is COC(=O)c1ccc(-c2ccc(/C=C3\C(=O)NC(=O)N(c4ccc(C)c(C)c4)C3=O)o2)c(C)c1. The number of aryl methyl sites for hydroxylation is 3. The second kappa shape index (κ2) is 8.82. The summed E-state index contributed by atoms with van der Waals surface area (Å²) in [6.45, 7) is 5.62. The zero-order valence-corrected chi connectivity index (χ0v) is 19.1. The van der Waals surface area contributed by atoms with Gasteiger partial charge in [0, 0.05) is 5.56 Å². The summed E-state index contributed by atoms with van der Waals surface area (Å²) in [7, 11) is 1.31. The molecule has 8 heteroatoms. The number of carbonyl (C=O) groups excluding carboxylic acids is 4. The van der Waals surface area contributed by atoms with Crippen LogP contribution >= 0.6 is 0 Å². The first kappa shape index (κ1) is 22.7. The molecule has 4 rings (SSSR count). The molecule has 2 heterocycles. The Balaban J connectivity index is 1.66. The monoisotopic (exact) mass is 458 g/mol. The van der Waals surface area contributed by atoms with Gasteiger partial charge in [0.2, 0.25) is 0 Å². The van der Waals surface area contributed by atoms with Crippen molar-refractivity contribution in [2.45, 2.75) is 20.8 Å². The van der Waals surface area contributed by atoms with Crippen LogP contribution < -0.4 is 10.2 Å². The van der Waals surface area contributed by atoms with E-state index in [1.165, 1.54) is 13.2 Å². The number of hydrogen-bond donors (Lipinski definition) is 1. The first-order valence-corrected chi connectivity index (χ1v) is 10.5. The number of ether oxygens (including phenoxy) is 1. The number of anilines is 1. The Morgan fingerprint density at radius 2 is 1.71 bits per heavy atom. The van der Waals surface area contributed by atoms with E-state index in [2.05, 4.69) is 5.32 Å². The van der Waals surface area contributed by atoms with Gasteiger partial charge in [-0.3, -0.25) is 14.9 Å². The average Bonchev–Trinajstić information content (AvgIpc) is 3.26. The molecule has 1 N–H and O–H groups in total. The van der Waals surface area contributed by atoms with Gasteiger partial charge in [0.25, 0.3) is 11.8 Å². The molecular weight excluding hydrogens is 436 g/mol. The molecule has 0 radical (unpaired) electrons. The summed E-state index contributed by atoms with van der Waals surface area (Å²) >= 11 is 0. The van der Waals surface area contributed by atoms with Gasteiger partial charge in [0.15, 0.2) is 0 Å². The van der Waals surface area contributed by atoms with E-state index in [4.69, 9.17) is 9.15 Å². The Morgan fingerprint density at radius 1 is 0.941 bits per heavy atom. The molecule has 1 fully saturated rings. The highest BCUT2D eigenvalue weighted by atomic mass is 16.5. The molecule has 0 bridgehead atoms. The highest BCUT2D eigenvalue weighted by Gasteiger charge is 2.37. The average molecular weight is 458 g/mol. The number of carbonyl (C=O) groups is 4. The van der Waals surface area contributed by atoms with E-state index in [0.717, 1.165) is 27.2 Å². The first-order chi connectivity index (χ1) is 16.2. The molecule has 4 amide bonds. The quantitative estimate of drug-likeness (QED) is 0.355. The van der Waals surface area contributed by atoms with Gasteiger partial charge in [-0.1, -0.05) is 12.1 Å². The molecule has 1 aliphatic heterocycles. The highest BCUT2D eigenvalue weighted by Crippen LogP contribution is 2.29. The van der Waals surface area contributed by atoms with E-state index in [9.17, 15) is 19.2 Å². The third-order valence-electron chi connectivity index (χ3n) is 5.68. The highest BCUT2D eigenvalue weighted by molar-refractivity contribution is 6.39. The van der Waals surface area contributed by atoms with Gasteiger partial charge >= 0.3 is 12.0 Å². The van der Waals surface area contributed by atoms with Gasteiger partial charge in [-0.15, -0.1) is 0 Å². The lowest BCUT2D eigenvalue weighted by Crippen LogP contribution is -2.54. The molecule has 0 aliphatic carbocycles. The maximum atomic E-state index is 13.1. The first-order valence-electron chi connectivity index (χ1n) is 10.5. The Morgan fingerprint density at radius 3 is 2.38 bits per heavy atom. The predicted octanol–water partition coefficient (Wildman–Crippen LogP) is 4.32. The second-order valence-corrected chi connectivity index (χ2v) is 7.95. The van der Waals surface area contributed by atoms with Crippen LogP contribution in [0.15, 0.2) is 58.5 Å². The topological polar surface area (TPSA) is 106 Å². The van der Waals surface area contributed by atoms with Crippen LogP contribution in [0.3, 0.4) is 0 Å². The standard InChI is InChI=1S/C26H22N2O6/c1-14-5-7-18(12-15(14)2)28-24(30)21(23(29)27-26(28)32)13-19-8-10-22(34-19)20-9-6-17(11-16(20)3)25(31)33-4/h5-13H,1-4H3,(H,27,29,32)/b21-13+. The molecule has 0 unspecified atom stereocenters. The van der Waals surface area contributed by atoms with Gasteiger partial charge in [-0.2, -0.15) is 0 Å². The molecule has 2 aromatic carbocycles. The number of amides is 4. The molecule has 1 aliphatic rings. The summed E-state index contributed by atoms with van der Waals surface area (Å²) in [5.74, 6) is -1.23. The van der Waals surface area contributed by atoms with Crippen LogP contribution in [0.25, 0.3) is 17.4 Å². The lowest BCUT2D eigenvalue weighted by molar-refractivity contribution is -0.122. The fraction of sp³-hybridized carbons (Fsp3) is 0.154. The van der Waals surface area contributed by atoms with E-state index < -0.39 is 23.8 Å². The zero-order valence-electron chi connectivity index (χ0n) is 19.1. The maximum Gasteiger partial charge on any atom is 0.337 e. The minimum Gasteiger partial charge on any atom is -0.465 e. The summed E-state index contributed by atoms with van der Waals surface area (Å²) in [6, 6.07) is 12.7. The molecule has 1 aromatic heterocycles. The number of nitrogens with one attached hydrogen (secondary N) is 1. The van der Waals surface area contributed by atoms with Gasteiger partial charge in [0.05, 0.1) is 18.4 Å². The molecule has 0 spiro atoms. The summed E-state index contributed by atoms with van der Waals surface area (Å²) in [5, 5.41) is 2.21. The van der Waals surface area contributed by atoms with Crippen LogP contribution in [0.5, 0.6) is 0 Å². The Labute approximate surface area is 195 Å². The van der Waals surface area contributed by atoms with Crippen molar-refractivity contribution < 1.29 is 28.3 Å². The van der Waals surface area contributed by atoms with Crippen molar-refractivity contribution in [1.29, 1.82) is 0 Å². The summed E-state index contributed by atoms with van der Waals surface area (Å²) in [5.41, 5.74) is 4.00. The zero-order chi connectivity index (χ0) is 24.6. The van der Waals surface area contributed by atoms with Crippen molar-refractivity contribution in [2.24, 2.45) is 0 Å². The number of urea groups is 1. The summed E-state index contributed by atoms with van der Waals surface area (Å²) < 4.78 is 10.6. The number of methoxy groups -OCH3 is 1. The Bertz CT molecular complexity index is 1380. The predicted molar refractivity (Wildman–Crippen MR) is 125 cm³/mol. The molecule has 34 heavy (non-hydrogen) atoms. The normalized spacial score (nSPS) is 15.0.